The summed E-state index contributed by atoms with van der Waals surface area (Å²) in [5.74, 6) is 0.673. The van der Waals surface area contributed by atoms with Gasteiger partial charge in [-0.1, -0.05) is 49.6 Å². The van der Waals surface area contributed by atoms with E-state index in [-0.39, 0.29) is 10.9 Å². The molecule has 164 valence electrons. The number of fused-ring (bicyclic) bond motifs is 1. The van der Waals surface area contributed by atoms with E-state index in [0.29, 0.717) is 36.0 Å². The molecule has 3 heterocycles. The zero-order valence-electron chi connectivity index (χ0n) is 17.7. The van der Waals surface area contributed by atoms with Crippen LogP contribution in [-0.4, -0.2) is 40.3 Å². The summed E-state index contributed by atoms with van der Waals surface area (Å²) in [6.45, 7) is 0.968. The van der Waals surface area contributed by atoms with Crippen LogP contribution >= 0.6 is 0 Å². The Morgan fingerprint density at radius 2 is 1.58 bits per heavy atom. The molecule has 1 aliphatic carbocycles. The average molecular weight is 440 g/mol. The van der Waals surface area contributed by atoms with Gasteiger partial charge in [0.1, 0.15) is 11.3 Å². The van der Waals surface area contributed by atoms with Crippen LogP contribution in [0.15, 0.2) is 47.6 Å². The molecule has 1 aliphatic heterocycles. The Morgan fingerprint density at radius 1 is 0.903 bits per heavy atom. The fourth-order valence-electron chi connectivity index (χ4n) is 5.26. The Balaban J connectivity index is 1.48. The lowest BCUT2D eigenvalue weighted by Gasteiger charge is -2.31. The minimum absolute atomic E-state index is 0.138. The Labute approximate surface area is 183 Å². The molecule has 0 spiro atoms. The summed E-state index contributed by atoms with van der Waals surface area (Å²) in [7, 11) is -3.76. The van der Waals surface area contributed by atoms with E-state index in [1.54, 1.807) is 16.7 Å². The molecule has 0 bridgehead atoms. The standard InChI is InChI=1S/C23H29N5O2S/c24-22-21(20-23(26-14-13-25-20)28(22)19-9-5-2-6-10-19)31(29,30)27-15-11-18(12-16-27)17-7-3-1-4-8-17/h1,3-4,7-8,13-14,18-19H,2,5-6,9-12,15-16,24H2. The maximum Gasteiger partial charge on any atom is 0.248 e. The van der Waals surface area contributed by atoms with Gasteiger partial charge < -0.3 is 10.3 Å². The maximum atomic E-state index is 13.7. The second-order valence-corrected chi connectivity index (χ2v) is 10.6. The van der Waals surface area contributed by atoms with Crippen molar-refractivity contribution in [3.63, 3.8) is 0 Å². The van der Waals surface area contributed by atoms with E-state index in [2.05, 4.69) is 22.1 Å². The van der Waals surface area contributed by atoms with Crippen LogP contribution in [0.1, 0.15) is 62.5 Å². The molecule has 8 heteroatoms. The number of aromatic nitrogens is 3. The first-order valence-corrected chi connectivity index (χ1v) is 12.7. The van der Waals surface area contributed by atoms with Crippen LogP contribution in [0, 0.1) is 0 Å². The van der Waals surface area contributed by atoms with Gasteiger partial charge in [0.15, 0.2) is 10.5 Å². The van der Waals surface area contributed by atoms with Gasteiger partial charge in [-0.25, -0.2) is 18.4 Å². The van der Waals surface area contributed by atoms with Crippen molar-refractivity contribution in [2.75, 3.05) is 18.8 Å². The number of anilines is 1. The van der Waals surface area contributed by atoms with Crippen molar-refractivity contribution < 1.29 is 8.42 Å². The van der Waals surface area contributed by atoms with Gasteiger partial charge in [0.25, 0.3) is 0 Å². The summed E-state index contributed by atoms with van der Waals surface area (Å²) >= 11 is 0. The monoisotopic (exact) mass is 439 g/mol. The SMILES string of the molecule is Nc1c(S(=O)(=O)N2CCC(c3ccccc3)CC2)c2nccnc2n1C1CCCCC1. The number of nitrogens with zero attached hydrogens (tertiary/aromatic N) is 4. The molecule has 5 rings (SSSR count). The van der Waals surface area contributed by atoms with Gasteiger partial charge in [-0.15, -0.1) is 0 Å². The van der Waals surface area contributed by atoms with Crippen LogP contribution in [0.5, 0.6) is 0 Å². The molecule has 31 heavy (non-hydrogen) atoms. The van der Waals surface area contributed by atoms with Gasteiger partial charge in [-0.05, 0) is 37.2 Å². The molecule has 2 aliphatic rings. The molecule has 0 amide bonds. The first kappa shape index (κ1) is 20.5. The first-order chi connectivity index (χ1) is 15.1. The third-order valence-electron chi connectivity index (χ3n) is 6.88. The summed E-state index contributed by atoms with van der Waals surface area (Å²) in [5.41, 5.74) is 8.80. The van der Waals surface area contributed by atoms with Gasteiger partial charge in [-0.2, -0.15) is 4.31 Å². The molecule has 2 N–H and O–H groups in total. The number of nitrogens with two attached hydrogens (primary N) is 1. The van der Waals surface area contributed by atoms with Crippen molar-refractivity contribution in [1.82, 2.24) is 18.8 Å². The minimum Gasteiger partial charge on any atom is -0.384 e. The number of nitrogen functional groups attached to an aromatic ring is 1. The lowest BCUT2D eigenvalue weighted by atomic mass is 9.90. The number of rotatable bonds is 4. The van der Waals surface area contributed by atoms with Gasteiger partial charge >= 0.3 is 0 Å². The van der Waals surface area contributed by atoms with E-state index < -0.39 is 10.0 Å². The molecular formula is C23H29N5O2S. The second-order valence-electron chi connectivity index (χ2n) is 8.69. The maximum absolute atomic E-state index is 13.7. The average Bonchev–Trinajstić information content (AvgIpc) is 3.12. The highest BCUT2D eigenvalue weighted by Gasteiger charge is 2.36. The Kier molecular flexibility index (Phi) is 5.44. The quantitative estimate of drug-likeness (QED) is 0.661. The summed E-state index contributed by atoms with van der Waals surface area (Å²) in [6, 6.07) is 10.5. The second kappa shape index (κ2) is 8.24. The van der Waals surface area contributed by atoms with Crippen molar-refractivity contribution in [3.05, 3.63) is 48.3 Å². The van der Waals surface area contributed by atoms with Crippen molar-refractivity contribution >= 4 is 27.0 Å². The predicted molar refractivity (Wildman–Crippen MR) is 121 cm³/mol. The molecule has 0 radical (unpaired) electrons. The van der Waals surface area contributed by atoms with E-state index in [4.69, 9.17) is 5.73 Å². The highest BCUT2D eigenvalue weighted by atomic mass is 32.2. The first-order valence-electron chi connectivity index (χ1n) is 11.2. The van der Waals surface area contributed by atoms with Crippen LogP contribution in [-0.2, 0) is 10.0 Å². The van der Waals surface area contributed by atoms with E-state index >= 15 is 0 Å². The fourth-order valence-corrected chi connectivity index (χ4v) is 6.96. The molecule has 3 aromatic rings. The molecule has 1 saturated carbocycles. The van der Waals surface area contributed by atoms with Crippen molar-refractivity contribution in [1.29, 1.82) is 0 Å². The van der Waals surface area contributed by atoms with Crippen molar-refractivity contribution in [3.8, 4) is 0 Å². The molecule has 0 unspecified atom stereocenters. The Morgan fingerprint density at radius 3 is 2.29 bits per heavy atom. The van der Waals surface area contributed by atoms with E-state index in [1.807, 2.05) is 22.8 Å². The minimum atomic E-state index is -3.76. The molecule has 2 fully saturated rings. The van der Waals surface area contributed by atoms with Gasteiger partial charge in [0.05, 0.1) is 0 Å². The zero-order valence-corrected chi connectivity index (χ0v) is 18.5. The van der Waals surface area contributed by atoms with E-state index in [0.717, 1.165) is 38.5 Å². The largest absolute Gasteiger partial charge is 0.384 e. The summed E-state index contributed by atoms with van der Waals surface area (Å²) in [5, 5.41) is 0. The fraction of sp³-hybridized carbons (Fsp3) is 0.478. The third kappa shape index (κ3) is 3.61. The third-order valence-corrected chi connectivity index (χ3v) is 8.84. The number of sulfonamides is 1. The Bertz CT molecular complexity index is 1160. The highest BCUT2D eigenvalue weighted by Crippen LogP contribution is 2.40. The molecular weight excluding hydrogens is 410 g/mol. The number of hydrogen-bond donors (Lipinski definition) is 1. The predicted octanol–water partition coefficient (Wildman–Crippen LogP) is 4.09. The summed E-state index contributed by atoms with van der Waals surface area (Å²) < 4.78 is 31.0. The lowest BCUT2D eigenvalue weighted by molar-refractivity contribution is 0.319. The lowest BCUT2D eigenvalue weighted by Crippen LogP contribution is -2.38. The smallest absolute Gasteiger partial charge is 0.248 e. The van der Waals surface area contributed by atoms with Crippen LogP contribution in [0.4, 0.5) is 5.82 Å². The van der Waals surface area contributed by atoms with Crippen LogP contribution in [0.2, 0.25) is 0 Å². The molecule has 0 atom stereocenters. The van der Waals surface area contributed by atoms with Gasteiger partial charge in [0, 0.05) is 31.5 Å². The van der Waals surface area contributed by atoms with Crippen LogP contribution < -0.4 is 5.73 Å². The number of benzene rings is 1. The summed E-state index contributed by atoms with van der Waals surface area (Å²) in [4.78, 5) is 9.04. The highest BCUT2D eigenvalue weighted by molar-refractivity contribution is 7.89. The van der Waals surface area contributed by atoms with E-state index in [1.165, 1.54) is 12.0 Å². The number of hydrogen-bond acceptors (Lipinski definition) is 5. The summed E-state index contributed by atoms with van der Waals surface area (Å²) in [6.07, 6.45) is 10.2. The van der Waals surface area contributed by atoms with Crippen molar-refractivity contribution in [2.24, 2.45) is 0 Å². The van der Waals surface area contributed by atoms with Crippen LogP contribution in [0.25, 0.3) is 11.2 Å². The molecule has 1 saturated heterocycles. The Hall–Kier alpha value is -2.45. The molecule has 2 aromatic heterocycles. The normalized spacial score (nSPS) is 19.7. The van der Waals surface area contributed by atoms with E-state index in [9.17, 15) is 8.42 Å². The molecule has 1 aromatic carbocycles. The number of piperidine rings is 1. The topological polar surface area (TPSA) is 94.1 Å². The molecule has 7 nitrogen and oxygen atoms in total. The van der Waals surface area contributed by atoms with Crippen LogP contribution in [0.3, 0.4) is 0 Å². The van der Waals surface area contributed by atoms with Crippen molar-refractivity contribution in [2.45, 2.75) is 61.8 Å². The zero-order chi connectivity index (χ0) is 21.4. The van der Waals surface area contributed by atoms with Gasteiger partial charge in [-0.3, -0.25) is 0 Å². The van der Waals surface area contributed by atoms with Gasteiger partial charge in [0.2, 0.25) is 10.0 Å².